The molecule has 0 aliphatic carbocycles. The fourth-order valence-corrected chi connectivity index (χ4v) is 2.26. The van der Waals surface area contributed by atoms with Crippen LogP contribution in [0.4, 0.5) is 10.1 Å². The summed E-state index contributed by atoms with van der Waals surface area (Å²) in [6.45, 7) is 4.11. The highest BCUT2D eigenvalue weighted by Gasteiger charge is 2.22. The number of pyridine rings is 1. The van der Waals surface area contributed by atoms with E-state index in [2.05, 4.69) is 10.3 Å². The van der Waals surface area contributed by atoms with E-state index in [4.69, 9.17) is 11.6 Å². The summed E-state index contributed by atoms with van der Waals surface area (Å²) >= 11 is 6.01. The molecule has 20 heavy (non-hydrogen) atoms. The molecule has 1 heterocycles. The van der Waals surface area contributed by atoms with Gasteiger partial charge in [-0.15, -0.1) is 0 Å². The van der Waals surface area contributed by atoms with Crippen molar-refractivity contribution in [3.8, 4) is 0 Å². The van der Waals surface area contributed by atoms with Crippen LogP contribution >= 0.6 is 11.6 Å². The first-order valence-electron chi connectivity index (χ1n) is 6.69. The Kier molecular flexibility index (Phi) is 4.45. The Morgan fingerprint density at radius 1 is 1.30 bits per heavy atom. The van der Waals surface area contributed by atoms with Crippen LogP contribution in [-0.4, -0.2) is 22.2 Å². The minimum Gasteiger partial charge on any atom is -0.388 e. The standard InChI is InChI=1S/C15H18ClFN2O/c1-3-15(20,4-2)9-19-12-6-5-10-11(16)7-8-18-14(10)13(12)17/h5-8,19-20H,3-4,9H2,1-2H3. The molecule has 0 aliphatic heterocycles. The van der Waals surface area contributed by atoms with Gasteiger partial charge in [0.25, 0.3) is 0 Å². The number of nitrogens with zero attached hydrogens (tertiary/aromatic N) is 1. The zero-order chi connectivity index (χ0) is 14.8. The average Bonchev–Trinajstić information content (AvgIpc) is 2.47. The van der Waals surface area contributed by atoms with Crippen molar-refractivity contribution in [2.45, 2.75) is 32.3 Å². The van der Waals surface area contributed by atoms with Gasteiger partial charge in [-0.3, -0.25) is 4.98 Å². The largest absolute Gasteiger partial charge is 0.388 e. The first-order valence-corrected chi connectivity index (χ1v) is 7.07. The van der Waals surface area contributed by atoms with Crippen LogP contribution in [0.25, 0.3) is 10.9 Å². The third-order valence-electron chi connectivity index (χ3n) is 3.72. The summed E-state index contributed by atoms with van der Waals surface area (Å²) in [5, 5.41) is 14.2. The summed E-state index contributed by atoms with van der Waals surface area (Å²) in [6, 6.07) is 4.98. The van der Waals surface area contributed by atoms with E-state index < -0.39 is 11.4 Å². The van der Waals surface area contributed by atoms with Gasteiger partial charge >= 0.3 is 0 Å². The highest BCUT2D eigenvalue weighted by atomic mass is 35.5. The van der Waals surface area contributed by atoms with Crippen LogP contribution in [0, 0.1) is 5.82 Å². The molecule has 2 rings (SSSR count). The molecule has 0 fully saturated rings. The molecule has 0 unspecified atom stereocenters. The second-order valence-electron chi connectivity index (χ2n) is 4.90. The maximum atomic E-state index is 14.4. The molecule has 0 radical (unpaired) electrons. The van der Waals surface area contributed by atoms with E-state index in [1.54, 1.807) is 18.2 Å². The number of rotatable bonds is 5. The molecule has 108 valence electrons. The van der Waals surface area contributed by atoms with Crippen LogP contribution in [0.15, 0.2) is 24.4 Å². The number of aliphatic hydroxyl groups is 1. The van der Waals surface area contributed by atoms with Gasteiger partial charge in [0.1, 0.15) is 5.52 Å². The quantitative estimate of drug-likeness (QED) is 0.877. The van der Waals surface area contributed by atoms with Gasteiger partial charge in [-0.1, -0.05) is 25.4 Å². The van der Waals surface area contributed by atoms with Crippen molar-refractivity contribution < 1.29 is 9.50 Å². The number of fused-ring (bicyclic) bond motifs is 1. The summed E-state index contributed by atoms with van der Waals surface area (Å²) in [5.74, 6) is -0.445. The lowest BCUT2D eigenvalue weighted by atomic mass is 9.97. The summed E-state index contributed by atoms with van der Waals surface area (Å²) in [6.07, 6.45) is 2.69. The lowest BCUT2D eigenvalue weighted by Crippen LogP contribution is -2.35. The molecule has 2 aromatic rings. The van der Waals surface area contributed by atoms with Crippen molar-refractivity contribution in [2.24, 2.45) is 0 Å². The van der Waals surface area contributed by atoms with Gasteiger partial charge in [0, 0.05) is 18.1 Å². The second-order valence-corrected chi connectivity index (χ2v) is 5.31. The van der Waals surface area contributed by atoms with Crippen molar-refractivity contribution in [3.63, 3.8) is 0 Å². The second kappa shape index (κ2) is 5.94. The molecule has 2 N–H and O–H groups in total. The van der Waals surface area contributed by atoms with Crippen molar-refractivity contribution in [3.05, 3.63) is 35.2 Å². The Morgan fingerprint density at radius 3 is 2.65 bits per heavy atom. The fourth-order valence-electron chi connectivity index (χ4n) is 2.05. The van der Waals surface area contributed by atoms with Crippen molar-refractivity contribution in [1.82, 2.24) is 4.98 Å². The fraction of sp³-hybridized carbons (Fsp3) is 0.400. The molecule has 1 aromatic carbocycles. The van der Waals surface area contributed by atoms with E-state index in [9.17, 15) is 9.50 Å². The molecule has 1 aromatic heterocycles. The lowest BCUT2D eigenvalue weighted by Gasteiger charge is -2.26. The highest BCUT2D eigenvalue weighted by molar-refractivity contribution is 6.35. The van der Waals surface area contributed by atoms with Gasteiger partial charge in [0.15, 0.2) is 5.82 Å². The number of hydrogen-bond acceptors (Lipinski definition) is 3. The molecule has 0 saturated carbocycles. The topological polar surface area (TPSA) is 45.1 Å². The Labute approximate surface area is 122 Å². The van der Waals surface area contributed by atoms with Gasteiger partial charge in [0.05, 0.1) is 16.3 Å². The van der Waals surface area contributed by atoms with E-state index in [0.717, 1.165) is 0 Å². The summed E-state index contributed by atoms with van der Waals surface area (Å²) in [5.41, 5.74) is -0.269. The monoisotopic (exact) mass is 296 g/mol. The summed E-state index contributed by atoms with van der Waals surface area (Å²) in [4.78, 5) is 4.03. The lowest BCUT2D eigenvalue weighted by molar-refractivity contribution is 0.0456. The van der Waals surface area contributed by atoms with Gasteiger partial charge in [0.2, 0.25) is 0 Å². The van der Waals surface area contributed by atoms with Crippen molar-refractivity contribution in [1.29, 1.82) is 0 Å². The average molecular weight is 297 g/mol. The number of nitrogens with one attached hydrogen (secondary N) is 1. The maximum Gasteiger partial charge on any atom is 0.172 e. The van der Waals surface area contributed by atoms with E-state index in [1.807, 2.05) is 13.8 Å². The third kappa shape index (κ3) is 2.86. The Balaban J connectivity index is 2.30. The molecule has 3 nitrogen and oxygen atoms in total. The number of halogens is 2. The Hall–Kier alpha value is -1.39. The number of hydrogen-bond donors (Lipinski definition) is 2. The predicted molar refractivity (Wildman–Crippen MR) is 80.7 cm³/mol. The molecule has 0 spiro atoms. The molecule has 0 aliphatic rings. The summed E-state index contributed by atoms with van der Waals surface area (Å²) in [7, 11) is 0. The van der Waals surface area contributed by atoms with Crippen LogP contribution in [0.1, 0.15) is 26.7 Å². The zero-order valence-corrected chi connectivity index (χ0v) is 12.3. The maximum absolute atomic E-state index is 14.4. The molecule has 0 amide bonds. The van der Waals surface area contributed by atoms with Gasteiger partial charge in [-0.2, -0.15) is 0 Å². The first-order chi connectivity index (χ1) is 9.50. The summed E-state index contributed by atoms with van der Waals surface area (Å²) < 4.78 is 14.4. The third-order valence-corrected chi connectivity index (χ3v) is 4.05. The minimum atomic E-state index is -0.830. The van der Waals surface area contributed by atoms with Crippen molar-refractivity contribution >= 4 is 28.2 Å². The molecule has 0 atom stereocenters. The molecule has 0 saturated heterocycles. The van der Waals surface area contributed by atoms with E-state index in [-0.39, 0.29) is 5.52 Å². The predicted octanol–water partition coefficient (Wildman–Crippen LogP) is 3.99. The Bertz CT molecular complexity index is 614. The van der Waals surface area contributed by atoms with Crippen LogP contribution in [-0.2, 0) is 0 Å². The van der Waals surface area contributed by atoms with E-state index >= 15 is 0 Å². The van der Waals surface area contributed by atoms with Crippen LogP contribution in [0.3, 0.4) is 0 Å². The van der Waals surface area contributed by atoms with Crippen LogP contribution in [0.5, 0.6) is 0 Å². The SMILES string of the molecule is CCC(O)(CC)CNc1ccc2c(Cl)ccnc2c1F. The number of anilines is 1. The number of aromatic nitrogens is 1. The van der Waals surface area contributed by atoms with Gasteiger partial charge < -0.3 is 10.4 Å². The van der Waals surface area contributed by atoms with Crippen molar-refractivity contribution in [2.75, 3.05) is 11.9 Å². The van der Waals surface area contributed by atoms with Gasteiger partial charge in [-0.25, -0.2) is 4.39 Å². The van der Waals surface area contributed by atoms with E-state index in [1.165, 1.54) is 6.20 Å². The highest BCUT2D eigenvalue weighted by Crippen LogP contribution is 2.28. The Morgan fingerprint density at radius 2 is 2.00 bits per heavy atom. The normalized spacial score (nSPS) is 11.8. The zero-order valence-electron chi connectivity index (χ0n) is 11.6. The smallest absolute Gasteiger partial charge is 0.172 e. The molecular weight excluding hydrogens is 279 g/mol. The minimum absolute atomic E-state index is 0.235. The molecule has 5 heteroatoms. The van der Waals surface area contributed by atoms with Crippen LogP contribution < -0.4 is 5.32 Å². The van der Waals surface area contributed by atoms with Crippen LogP contribution in [0.2, 0.25) is 5.02 Å². The van der Waals surface area contributed by atoms with E-state index in [0.29, 0.717) is 35.5 Å². The number of benzene rings is 1. The molecular formula is C15H18ClFN2O. The van der Waals surface area contributed by atoms with Gasteiger partial charge in [-0.05, 0) is 31.0 Å². The molecule has 0 bridgehead atoms. The first kappa shape index (κ1) is 15.0.